The van der Waals surface area contributed by atoms with Gasteiger partial charge in [-0.15, -0.1) is 0 Å². The molecule has 0 spiro atoms. The maximum absolute atomic E-state index is 6.19. The standard InChI is InChI=1S/C18H22N4/c1-13(18(19)9-16-11-20-12-22-16)21-10-15-7-4-6-14-5-2-3-8-17(14)15/h3-4,6-8,11-12,18,21H,1-2,5,9-10,19H2,(H,20,22). The van der Waals surface area contributed by atoms with E-state index in [0.717, 1.165) is 30.8 Å². The minimum absolute atomic E-state index is 0.129. The Balaban J connectivity index is 1.61. The number of nitrogens with one attached hydrogen (secondary N) is 2. The van der Waals surface area contributed by atoms with Gasteiger partial charge in [0.1, 0.15) is 0 Å². The van der Waals surface area contributed by atoms with E-state index in [0.29, 0.717) is 6.42 Å². The molecule has 4 nitrogen and oxygen atoms in total. The third-order valence-electron chi connectivity index (χ3n) is 4.10. The van der Waals surface area contributed by atoms with E-state index in [1.807, 2.05) is 0 Å². The Bertz CT molecular complexity index is 670. The summed E-state index contributed by atoms with van der Waals surface area (Å²) in [5, 5.41) is 3.37. The Hall–Kier alpha value is -2.33. The fourth-order valence-corrected chi connectivity index (χ4v) is 2.79. The molecular formula is C18H22N4. The molecule has 0 aliphatic heterocycles. The lowest BCUT2D eigenvalue weighted by atomic mass is 9.93. The predicted octanol–water partition coefficient (Wildman–Crippen LogP) is 2.54. The van der Waals surface area contributed by atoms with Gasteiger partial charge in [-0.1, -0.05) is 36.9 Å². The van der Waals surface area contributed by atoms with Crippen molar-refractivity contribution in [2.45, 2.75) is 31.8 Å². The van der Waals surface area contributed by atoms with Crippen molar-refractivity contribution in [3.63, 3.8) is 0 Å². The summed E-state index contributed by atoms with van der Waals surface area (Å²) in [6, 6.07) is 6.37. The smallest absolute Gasteiger partial charge is 0.0921 e. The molecule has 4 heteroatoms. The number of hydrogen-bond acceptors (Lipinski definition) is 3. The van der Waals surface area contributed by atoms with Crippen LogP contribution in [0.25, 0.3) is 6.08 Å². The van der Waals surface area contributed by atoms with Crippen LogP contribution in [0.15, 0.2) is 49.1 Å². The van der Waals surface area contributed by atoms with Gasteiger partial charge in [0.25, 0.3) is 0 Å². The second kappa shape index (κ2) is 6.62. The van der Waals surface area contributed by atoms with E-state index in [2.05, 4.69) is 52.2 Å². The molecule has 0 amide bonds. The minimum atomic E-state index is -0.129. The molecule has 0 fully saturated rings. The number of aromatic amines is 1. The Kier molecular flexibility index (Phi) is 4.39. The minimum Gasteiger partial charge on any atom is -0.383 e. The molecule has 1 aromatic heterocycles. The summed E-state index contributed by atoms with van der Waals surface area (Å²) < 4.78 is 0. The number of nitrogens with zero attached hydrogens (tertiary/aromatic N) is 1. The third-order valence-corrected chi connectivity index (χ3v) is 4.10. The number of imidazole rings is 1. The topological polar surface area (TPSA) is 66.7 Å². The van der Waals surface area contributed by atoms with E-state index in [4.69, 9.17) is 5.73 Å². The number of nitrogens with two attached hydrogens (primary N) is 1. The van der Waals surface area contributed by atoms with Gasteiger partial charge in [0, 0.05) is 36.6 Å². The fraction of sp³-hybridized carbons (Fsp3) is 0.278. The molecule has 0 saturated carbocycles. The summed E-state index contributed by atoms with van der Waals surface area (Å²) >= 11 is 0. The van der Waals surface area contributed by atoms with Crippen molar-refractivity contribution in [2.75, 3.05) is 0 Å². The third kappa shape index (κ3) is 3.28. The van der Waals surface area contributed by atoms with Crippen LogP contribution in [0, 0.1) is 0 Å². The zero-order valence-electron chi connectivity index (χ0n) is 12.7. The molecule has 22 heavy (non-hydrogen) atoms. The second-order valence-corrected chi connectivity index (χ2v) is 5.70. The average molecular weight is 294 g/mol. The van der Waals surface area contributed by atoms with Gasteiger partial charge >= 0.3 is 0 Å². The number of allylic oxidation sites excluding steroid dienone is 1. The molecule has 1 aromatic carbocycles. The highest BCUT2D eigenvalue weighted by Crippen LogP contribution is 2.23. The molecule has 4 N–H and O–H groups in total. The SMILES string of the molecule is C=C(NCc1cccc2c1C=CCC2)C(N)Cc1cnc[nH]1. The van der Waals surface area contributed by atoms with E-state index < -0.39 is 0 Å². The average Bonchev–Trinajstić information content (AvgIpc) is 3.05. The van der Waals surface area contributed by atoms with Crippen LogP contribution < -0.4 is 11.1 Å². The molecule has 1 heterocycles. The van der Waals surface area contributed by atoms with Crippen LogP contribution in [0.1, 0.15) is 28.8 Å². The Morgan fingerprint density at radius 3 is 3.18 bits per heavy atom. The molecule has 2 aromatic rings. The highest BCUT2D eigenvalue weighted by atomic mass is 14.9. The lowest BCUT2D eigenvalue weighted by molar-refractivity contribution is 0.660. The highest BCUT2D eigenvalue weighted by Gasteiger charge is 2.11. The largest absolute Gasteiger partial charge is 0.383 e. The molecule has 1 atom stereocenters. The summed E-state index contributed by atoms with van der Waals surface area (Å²) in [5.41, 5.74) is 12.1. The first-order valence-electron chi connectivity index (χ1n) is 7.67. The van der Waals surface area contributed by atoms with E-state index in [9.17, 15) is 0 Å². The zero-order chi connectivity index (χ0) is 15.4. The monoisotopic (exact) mass is 294 g/mol. The van der Waals surface area contributed by atoms with Gasteiger partial charge in [-0.05, 0) is 29.5 Å². The van der Waals surface area contributed by atoms with E-state index in [-0.39, 0.29) is 6.04 Å². The number of H-pyrrole nitrogens is 1. The Morgan fingerprint density at radius 1 is 1.45 bits per heavy atom. The van der Waals surface area contributed by atoms with Crippen molar-refractivity contribution >= 4 is 6.08 Å². The van der Waals surface area contributed by atoms with Crippen LogP contribution in [0.4, 0.5) is 0 Å². The Labute approximate surface area is 131 Å². The number of hydrogen-bond donors (Lipinski definition) is 3. The maximum atomic E-state index is 6.19. The van der Waals surface area contributed by atoms with Crippen LogP contribution in [0.3, 0.4) is 0 Å². The van der Waals surface area contributed by atoms with Crippen LogP contribution in [-0.2, 0) is 19.4 Å². The molecule has 3 rings (SSSR count). The van der Waals surface area contributed by atoms with Gasteiger partial charge in [0.05, 0.1) is 6.33 Å². The van der Waals surface area contributed by atoms with Gasteiger partial charge in [-0.3, -0.25) is 0 Å². The second-order valence-electron chi connectivity index (χ2n) is 5.70. The molecule has 1 unspecified atom stereocenters. The molecule has 0 bridgehead atoms. The first-order valence-corrected chi connectivity index (χ1v) is 7.67. The molecular weight excluding hydrogens is 272 g/mol. The van der Waals surface area contributed by atoms with Crippen molar-refractivity contribution in [3.05, 3.63) is 71.5 Å². The van der Waals surface area contributed by atoms with E-state index >= 15 is 0 Å². The highest BCUT2D eigenvalue weighted by molar-refractivity contribution is 5.60. The van der Waals surface area contributed by atoms with Crippen molar-refractivity contribution < 1.29 is 0 Å². The van der Waals surface area contributed by atoms with Crippen molar-refractivity contribution in [2.24, 2.45) is 5.73 Å². The maximum Gasteiger partial charge on any atom is 0.0921 e. The van der Waals surface area contributed by atoms with E-state index in [1.54, 1.807) is 12.5 Å². The number of aryl methyl sites for hydroxylation is 1. The van der Waals surface area contributed by atoms with Crippen LogP contribution >= 0.6 is 0 Å². The predicted molar refractivity (Wildman–Crippen MR) is 90.0 cm³/mol. The van der Waals surface area contributed by atoms with Crippen LogP contribution in [0.2, 0.25) is 0 Å². The fourth-order valence-electron chi connectivity index (χ4n) is 2.79. The van der Waals surface area contributed by atoms with Gasteiger partial charge in [0.2, 0.25) is 0 Å². The molecule has 0 radical (unpaired) electrons. The number of aromatic nitrogens is 2. The van der Waals surface area contributed by atoms with Crippen molar-refractivity contribution in [3.8, 4) is 0 Å². The first kappa shape index (κ1) is 14.6. The van der Waals surface area contributed by atoms with Crippen LogP contribution in [0.5, 0.6) is 0 Å². The number of fused-ring (bicyclic) bond motifs is 1. The lowest BCUT2D eigenvalue weighted by Crippen LogP contribution is -2.32. The summed E-state index contributed by atoms with van der Waals surface area (Å²) in [7, 11) is 0. The van der Waals surface area contributed by atoms with Crippen molar-refractivity contribution in [1.82, 2.24) is 15.3 Å². The van der Waals surface area contributed by atoms with Crippen molar-refractivity contribution in [1.29, 1.82) is 0 Å². The summed E-state index contributed by atoms with van der Waals surface area (Å²) in [5.74, 6) is 0. The molecule has 1 aliphatic rings. The zero-order valence-corrected chi connectivity index (χ0v) is 12.7. The summed E-state index contributed by atoms with van der Waals surface area (Å²) in [4.78, 5) is 7.08. The summed E-state index contributed by atoms with van der Waals surface area (Å²) in [6.07, 6.45) is 10.9. The normalized spacial score (nSPS) is 14.4. The van der Waals surface area contributed by atoms with E-state index in [1.165, 1.54) is 16.7 Å². The molecule has 1 aliphatic carbocycles. The summed E-state index contributed by atoms with van der Waals surface area (Å²) in [6.45, 7) is 4.83. The van der Waals surface area contributed by atoms with Gasteiger partial charge in [0.15, 0.2) is 0 Å². The van der Waals surface area contributed by atoms with Gasteiger partial charge in [-0.2, -0.15) is 0 Å². The molecule has 0 saturated heterocycles. The van der Waals surface area contributed by atoms with Crippen LogP contribution in [-0.4, -0.2) is 16.0 Å². The lowest BCUT2D eigenvalue weighted by Gasteiger charge is -2.19. The van der Waals surface area contributed by atoms with Gasteiger partial charge < -0.3 is 16.0 Å². The Morgan fingerprint density at radius 2 is 2.36 bits per heavy atom. The van der Waals surface area contributed by atoms with Gasteiger partial charge in [-0.25, -0.2) is 4.98 Å². The molecule has 114 valence electrons. The number of rotatable bonds is 6. The number of benzene rings is 1. The first-order chi connectivity index (χ1) is 10.7. The quantitative estimate of drug-likeness (QED) is 0.767.